The van der Waals surface area contributed by atoms with E-state index in [1.807, 2.05) is 0 Å². The number of terminal acetylenes is 1. The lowest BCUT2D eigenvalue weighted by Crippen LogP contribution is -2.16. The van der Waals surface area contributed by atoms with E-state index in [9.17, 15) is 8.42 Å². The highest BCUT2D eigenvalue weighted by atomic mass is 35.5. The minimum atomic E-state index is -3.87. The zero-order valence-electron chi connectivity index (χ0n) is 12.1. The molecule has 3 aromatic rings. The van der Waals surface area contributed by atoms with Crippen LogP contribution in [0.2, 0.25) is 10.0 Å². The summed E-state index contributed by atoms with van der Waals surface area (Å²) in [5.41, 5.74) is 0.578. The third-order valence-electron chi connectivity index (χ3n) is 3.22. The maximum Gasteiger partial charge on any atom is 0.285 e. The number of sulfonamides is 1. The van der Waals surface area contributed by atoms with Gasteiger partial charge in [0.05, 0.1) is 31.7 Å². The van der Waals surface area contributed by atoms with Gasteiger partial charge in [-0.1, -0.05) is 58.7 Å². The van der Waals surface area contributed by atoms with Gasteiger partial charge in [0.1, 0.15) is 0 Å². The zero-order valence-corrected chi connectivity index (χ0v) is 15.3. The lowest BCUT2D eigenvalue weighted by Gasteiger charge is -2.03. The first-order chi connectivity index (χ1) is 11.4. The monoisotopic (exact) mass is 396 g/mol. The number of thiazole rings is 1. The lowest BCUT2D eigenvalue weighted by atomic mass is 10.3. The first-order valence-electron chi connectivity index (χ1n) is 6.71. The molecule has 0 atom stereocenters. The highest BCUT2D eigenvalue weighted by Gasteiger charge is 2.16. The summed E-state index contributed by atoms with van der Waals surface area (Å²) in [5.74, 6) is 2.49. The molecule has 122 valence electrons. The minimum absolute atomic E-state index is 0.104. The molecule has 24 heavy (non-hydrogen) atoms. The molecule has 0 aliphatic heterocycles. The second-order valence-electron chi connectivity index (χ2n) is 4.76. The number of nitrogens with zero attached hydrogens (tertiary/aromatic N) is 2. The molecule has 0 N–H and O–H groups in total. The molecule has 0 radical (unpaired) electrons. The van der Waals surface area contributed by atoms with Crippen LogP contribution in [0.4, 0.5) is 0 Å². The summed E-state index contributed by atoms with van der Waals surface area (Å²) < 4.78 is 31.2. The molecule has 8 heteroatoms. The summed E-state index contributed by atoms with van der Waals surface area (Å²) in [6, 6.07) is 11.3. The number of halogens is 2. The van der Waals surface area contributed by atoms with Crippen molar-refractivity contribution >= 4 is 54.8 Å². The van der Waals surface area contributed by atoms with Gasteiger partial charge >= 0.3 is 0 Å². The number of rotatable bonds is 3. The topological polar surface area (TPSA) is 51.4 Å². The fourth-order valence-corrected chi connectivity index (χ4v) is 5.04. The van der Waals surface area contributed by atoms with Crippen molar-refractivity contribution in [2.45, 2.75) is 11.4 Å². The SMILES string of the molecule is C#CCn1/c(=N/S(=O)(=O)c2ccccc2)sc2c(Cl)ccc(Cl)c21. The summed E-state index contributed by atoms with van der Waals surface area (Å²) in [4.78, 5) is 0.328. The predicted octanol–water partition coefficient (Wildman–Crippen LogP) is 3.93. The zero-order chi connectivity index (χ0) is 17.3. The molecular formula is C16H10Cl2N2O2S2. The van der Waals surface area contributed by atoms with E-state index >= 15 is 0 Å². The quantitative estimate of drug-likeness (QED) is 0.629. The van der Waals surface area contributed by atoms with E-state index in [1.165, 1.54) is 12.1 Å². The van der Waals surface area contributed by atoms with Crippen molar-refractivity contribution in [1.29, 1.82) is 0 Å². The van der Waals surface area contributed by atoms with Crippen LogP contribution in [0.3, 0.4) is 0 Å². The molecule has 0 bridgehead atoms. The van der Waals surface area contributed by atoms with Crippen LogP contribution in [0, 0.1) is 12.3 Å². The molecule has 0 unspecified atom stereocenters. The van der Waals surface area contributed by atoms with Gasteiger partial charge in [0.2, 0.25) is 4.80 Å². The van der Waals surface area contributed by atoms with Crippen LogP contribution in [0.15, 0.2) is 51.8 Å². The third kappa shape index (κ3) is 3.08. The Kier molecular flexibility index (Phi) is 4.70. The van der Waals surface area contributed by atoms with Gasteiger partial charge in [0, 0.05) is 0 Å². The maximum absolute atomic E-state index is 12.5. The molecular weight excluding hydrogens is 387 g/mol. The Morgan fingerprint density at radius 2 is 1.79 bits per heavy atom. The van der Waals surface area contributed by atoms with E-state index in [4.69, 9.17) is 29.6 Å². The number of hydrogen-bond acceptors (Lipinski definition) is 3. The third-order valence-corrected chi connectivity index (χ3v) is 6.46. The Morgan fingerprint density at radius 1 is 1.12 bits per heavy atom. The minimum Gasteiger partial charge on any atom is -0.303 e. The van der Waals surface area contributed by atoms with Crippen LogP contribution >= 0.6 is 34.5 Å². The molecule has 1 aromatic heterocycles. The first-order valence-corrected chi connectivity index (χ1v) is 9.72. The van der Waals surface area contributed by atoms with Crippen LogP contribution in [-0.4, -0.2) is 13.0 Å². The second kappa shape index (κ2) is 6.61. The smallest absolute Gasteiger partial charge is 0.285 e. The molecule has 0 aliphatic carbocycles. The van der Waals surface area contributed by atoms with Crippen molar-refractivity contribution in [3.05, 3.63) is 57.3 Å². The molecule has 2 aromatic carbocycles. The van der Waals surface area contributed by atoms with E-state index in [0.717, 1.165) is 11.3 Å². The van der Waals surface area contributed by atoms with Crippen LogP contribution in [-0.2, 0) is 16.6 Å². The molecule has 0 amide bonds. The van der Waals surface area contributed by atoms with Gasteiger partial charge in [0.15, 0.2) is 0 Å². The Bertz CT molecular complexity index is 1120. The van der Waals surface area contributed by atoms with Gasteiger partial charge in [-0.15, -0.1) is 10.8 Å². The molecule has 0 fully saturated rings. The van der Waals surface area contributed by atoms with E-state index < -0.39 is 10.0 Å². The fourth-order valence-electron chi connectivity index (χ4n) is 2.17. The normalized spacial score (nSPS) is 12.5. The van der Waals surface area contributed by atoms with E-state index in [1.54, 1.807) is 34.9 Å². The number of benzene rings is 2. The number of hydrogen-bond donors (Lipinski definition) is 0. The van der Waals surface area contributed by atoms with Crippen molar-refractivity contribution in [2.75, 3.05) is 0 Å². The molecule has 0 aliphatic rings. The Balaban J connectivity index is 2.35. The van der Waals surface area contributed by atoms with Crippen LogP contribution < -0.4 is 4.80 Å². The molecule has 0 saturated heterocycles. The predicted molar refractivity (Wildman–Crippen MR) is 97.9 cm³/mol. The van der Waals surface area contributed by atoms with E-state index in [-0.39, 0.29) is 16.2 Å². The summed E-state index contributed by atoms with van der Waals surface area (Å²) in [6.45, 7) is 0.128. The van der Waals surface area contributed by atoms with Crippen LogP contribution in [0.5, 0.6) is 0 Å². The van der Waals surface area contributed by atoms with Gasteiger partial charge in [-0.2, -0.15) is 8.42 Å². The highest BCUT2D eigenvalue weighted by molar-refractivity contribution is 7.90. The Labute approximate surface area is 153 Å². The lowest BCUT2D eigenvalue weighted by molar-refractivity contribution is 0.596. The van der Waals surface area contributed by atoms with Crippen molar-refractivity contribution in [2.24, 2.45) is 4.40 Å². The second-order valence-corrected chi connectivity index (χ2v) is 8.16. The van der Waals surface area contributed by atoms with Crippen LogP contribution in [0.1, 0.15) is 0 Å². The van der Waals surface area contributed by atoms with Crippen molar-refractivity contribution in [3.63, 3.8) is 0 Å². The summed E-state index contributed by atoms with van der Waals surface area (Å²) >= 11 is 13.6. The summed E-state index contributed by atoms with van der Waals surface area (Å²) in [7, 11) is -3.87. The number of aromatic nitrogens is 1. The van der Waals surface area contributed by atoms with E-state index in [2.05, 4.69) is 10.3 Å². The number of fused-ring (bicyclic) bond motifs is 1. The summed E-state index contributed by atoms with van der Waals surface area (Å²) in [6.07, 6.45) is 5.41. The van der Waals surface area contributed by atoms with Crippen molar-refractivity contribution in [3.8, 4) is 12.3 Å². The van der Waals surface area contributed by atoms with Crippen molar-refractivity contribution < 1.29 is 8.42 Å². The molecule has 0 saturated carbocycles. The largest absolute Gasteiger partial charge is 0.303 e. The summed E-state index contributed by atoms with van der Waals surface area (Å²) in [5, 5.41) is 0.892. The molecule has 1 heterocycles. The Morgan fingerprint density at radius 3 is 2.46 bits per heavy atom. The average Bonchev–Trinajstić information content (AvgIpc) is 2.91. The first kappa shape index (κ1) is 17.1. The van der Waals surface area contributed by atoms with Gasteiger partial charge < -0.3 is 4.57 Å². The highest BCUT2D eigenvalue weighted by Crippen LogP contribution is 2.32. The van der Waals surface area contributed by atoms with Gasteiger partial charge in [-0.05, 0) is 24.3 Å². The maximum atomic E-state index is 12.5. The van der Waals surface area contributed by atoms with Crippen molar-refractivity contribution in [1.82, 2.24) is 4.57 Å². The molecule has 3 rings (SSSR count). The average molecular weight is 397 g/mol. The van der Waals surface area contributed by atoms with Gasteiger partial charge in [0.25, 0.3) is 10.0 Å². The van der Waals surface area contributed by atoms with Gasteiger partial charge in [-0.25, -0.2) is 0 Å². The fraction of sp³-hybridized carbons (Fsp3) is 0.0625. The standard InChI is InChI=1S/C16H10Cl2N2O2S2/c1-2-10-20-14-12(17)8-9-13(18)15(14)23-16(20)19-24(21,22)11-6-4-3-5-7-11/h1,3-9H,10H2/b19-16-. The van der Waals surface area contributed by atoms with E-state index in [0.29, 0.717) is 20.3 Å². The van der Waals surface area contributed by atoms with Gasteiger partial charge in [-0.3, -0.25) is 0 Å². The molecule has 4 nitrogen and oxygen atoms in total. The Hall–Kier alpha value is -1.78. The molecule has 0 spiro atoms. The van der Waals surface area contributed by atoms with Crippen LogP contribution in [0.25, 0.3) is 10.2 Å².